The third-order valence-corrected chi connectivity index (χ3v) is 3.94. The first-order chi connectivity index (χ1) is 10.5. The zero-order chi connectivity index (χ0) is 16.1. The zero-order valence-electron chi connectivity index (χ0n) is 13.1. The van der Waals surface area contributed by atoms with E-state index in [1.807, 2.05) is 49.4 Å². The molecule has 0 bridgehead atoms. The molecule has 0 aromatic heterocycles. The van der Waals surface area contributed by atoms with Gasteiger partial charge in [-0.2, -0.15) is 0 Å². The first-order valence-electron chi connectivity index (χ1n) is 7.29. The van der Waals surface area contributed by atoms with E-state index in [0.29, 0.717) is 11.6 Å². The maximum atomic E-state index is 12.3. The summed E-state index contributed by atoms with van der Waals surface area (Å²) in [7, 11) is 1.80. The summed E-state index contributed by atoms with van der Waals surface area (Å²) in [6, 6.07) is 15.4. The highest BCUT2D eigenvalue weighted by Crippen LogP contribution is 2.18. The summed E-state index contributed by atoms with van der Waals surface area (Å²) < 4.78 is 0. The van der Waals surface area contributed by atoms with E-state index < -0.39 is 0 Å². The maximum Gasteiger partial charge on any atom is 0.317 e. The first-order valence-corrected chi connectivity index (χ1v) is 7.67. The van der Waals surface area contributed by atoms with Crippen molar-refractivity contribution >= 4 is 17.6 Å². The van der Waals surface area contributed by atoms with Crippen LogP contribution in [0.5, 0.6) is 0 Å². The molecular formula is C18H21ClN2O. The van der Waals surface area contributed by atoms with Crippen LogP contribution in [0.4, 0.5) is 4.79 Å². The standard InChI is InChI=1S/C18H21ClN2O/c1-13-7-4-5-8-16(13)12-21(3)18(22)20-14(2)15-9-6-10-17(19)11-15/h4-11,14H,12H2,1-3H3,(H,20,22). The lowest BCUT2D eigenvalue weighted by molar-refractivity contribution is 0.203. The van der Waals surface area contributed by atoms with Crippen molar-refractivity contribution in [3.8, 4) is 0 Å². The third-order valence-electron chi connectivity index (χ3n) is 3.70. The molecule has 2 aromatic rings. The topological polar surface area (TPSA) is 32.3 Å². The maximum absolute atomic E-state index is 12.3. The van der Waals surface area contributed by atoms with Gasteiger partial charge in [-0.25, -0.2) is 4.79 Å². The molecule has 0 saturated carbocycles. The fraction of sp³-hybridized carbons (Fsp3) is 0.278. The summed E-state index contributed by atoms with van der Waals surface area (Å²) in [5, 5.41) is 3.66. The van der Waals surface area contributed by atoms with Crippen LogP contribution in [0, 0.1) is 6.92 Å². The molecule has 3 nitrogen and oxygen atoms in total. The number of nitrogens with zero attached hydrogens (tertiary/aromatic N) is 1. The fourth-order valence-corrected chi connectivity index (χ4v) is 2.47. The van der Waals surface area contributed by atoms with Crippen LogP contribution in [0.1, 0.15) is 29.7 Å². The predicted octanol–water partition coefficient (Wildman–Crippen LogP) is 4.55. The van der Waals surface area contributed by atoms with Crippen LogP contribution in [-0.4, -0.2) is 18.0 Å². The number of carbonyl (C=O) groups excluding carboxylic acids is 1. The van der Waals surface area contributed by atoms with Gasteiger partial charge in [0.15, 0.2) is 0 Å². The zero-order valence-corrected chi connectivity index (χ0v) is 13.9. The summed E-state index contributed by atoms with van der Waals surface area (Å²) in [5.74, 6) is 0. The van der Waals surface area contributed by atoms with Crippen LogP contribution >= 0.6 is 11.6 Å². The lowest BCUT2D eigenvalue weighted by Gasteiger charge is -2.22. The Morgan fingerprint density at radius 3 is 2.64 bits per heavy atom. The number of aryl methyl sites for hydroxylation is 1. The molecule has 1 atom stereocenters. The van der Waals surface area contributed by atoms with E-state index in [1.54, 1.807) is 11.9 Å². The summed E-state index contributed by atoms with van der Waals surface area (Å²) in [5.41, 5.74) is 3.32. The lowest BCUT2D eigenvalue weighted by atomic mass is 10.1. The number of amides is 2. The second-order valence-corrected chi connectivity index (χ2v) is 5.95. The molecule has 0 spiro atoms. The Kier molecular flexibility index (Phi) is 5.45. The average molecular weight is 317 g/mol. The summed E-state index contributed by atoms with van der Waals surface area (Å²) in [6.07, 6.45) is 0. The highest BCUT2D eigenvalue weighted by Gasteiger charge is 2.14. The molecule has 0 heterocycles. The van der Waals surface area contributed by atoms with Gasteiger partial charge in [0.05, 0.1) is 6.04 Å². The second-order valence-electron chi connectivity index (χ2n) is 5.51. The number of carbonyl (C=O) groups is 1. The Balaban J connectivity index is 1.98. The van der Waals surface area contributed by atoms with Crippen molar-refractivity contribution < 1.29 is 4.79 Å². The highest BCUT2D eigenvalue weighted by atomic mass is 35.5. The molecule has 0 radical (unpaired) electrons. The lowest BCUT2D eigenvalue weighted by Crippen LogP contribution is -2.38. The quantitative estimate of drug-likeness (QED) is 0.881. The van der Waals surface area contributed by atoms with Gasteiger partial charge >= 0.3 is 6.03 Å². The van der Waals surface area contributed by atoms with Gasteiger partial charge in [-0.3, -0.25) is 0 Å². The normalized spacial score (nSPS) is 11.8. The SMILES string of the molecule is Cc1ccccc1CN(C)C(=O)NC(C)c1cccc(Cl)c1. The van der Waals surface area contributed by atoms with Crippen molar-refractivity contribution in [1.82, 2.24) is 10.2 Å². The van der Waals surface area contributed by atoms with Crippen molar-refractivity contribution in [2.75, 3.05) is 7.05 Å². The van der Waals surface area contributed by atoms with Crippen molar-refractivity contribution in [3.63, 3.8) is 0 Å². The highest BCUT2D eigenvalue weighted by molar-refractivity contribution is 6.30. The monoisotopic (exact) mass is 316 g/mol. The number of rotatable bonds is 4. The van der Waals surface area contributed by atoms with E-state index in [2.05, 4.69) is 18.3 Å². The van der Waals surface area contributed by atoms with E-state index in [1.165, 1.54) is 5.56 Å². The van der Waals surface area contributed by atoms with Crippen molar-refractivity contribution in [2.24, 2.45) is 0 Å². The van der Waals surface area contributed by atoms with E-state index in [-0.39, 0.29) is 12.1 Å². The molecule has 0 aliphatic carbocycles. The van der Waals surface area contributed by atoms with Gasteiger partial charge in [-0.1, -0.05) is 48.0 Å². The van der Waals surface area contributed by atoms with Crippen LogP contribution in [0.2, 0.25) is 5.02 Å². The summed E-state index contributed by atoms with van der Waals surface area (Å²) >= 11 is 5.99. The fourth-order valence-electron chi connectivity index (χ4n) is 2.27. The van der Waals surface area contributed by atoms with E-state index >= 15 is 0 Å². The molecule has 116 valence electrons. The number of urea groups is 1. The average Bonchev–Trinajstić information content (AvgIpc) is 2.49. The van der Waals surface area contributed by atoms with Crippen molar-refractivity contribution in [1.29, 1.82) is 0 Å². The number of hydrogen-bond acceptors (Lipinski definition) is 1. The van der Waals surface area contributed by atoms with Crippen LogP contribution in [0.25, 0.3) is 0 Å². The molecule has 1 N–H and O–H groups in total. The van der Waals surface area contributed by atoms with Gasteiger partial charge in [0.2, 0.25) is 0 Å². The molecule has 0 aliphatic heterocycles. The van der Waals surface area contributed by atoms with E-state index in [9.17, 15) is 4.79 Å². The van der Waals surface area contributed by atoms with Crippen LogP contribution in [0.15, 0.2) is 48.5 Å². The van der Waals surface area contributed by atoms with Crippen LogP contribution in [0.3, 0.4) is 0 Å². The number of benzene rings is 2. The molecule has 4 heteroatoms. The second kappa shape index (κ2) is 7.32. The van der Waals surface area contributed by atoms with Gasteiger partial charge in [0.1, 0.15) is 0 Å². The molecule has 0 aliphatic rings. The van der Waals surface area contributed by atoms with Gasteiger partial charge < -0.3 is 10.2 Å². The van der Waals surface area contributed by atoms with Gasteiger partial charge in [0.25, 0.3) is 0 Å². The Labute approximate surface area is 136 Å². The van der Waals surface area contributed by atoms with Crippen molar-refractivity contribution in [2.45, 2.75) is 26.4 Å². The van der Waals surface area contributed by atoms with Crippen LogP contribution in [-0.2, 0) is 6.54 Å². The number of hydrogen-bond donors (Lipinski definition) is 1. The summed E-state index contributed by atoms with van der Waals surface area (Å²) in [6.45, 7) is 4.58. The molecule has 2 amide bonds. The van der Waals surface area contributed by atoms with Gasteiger partial charge in [-0.05, 0) is 42.7 Å². The largest absolute Gasteiger partial charge is 0.331 e. The minimum Gasteiger partial charge on any atom is -0.331 e. The van der Waals surface area contributed by atoms with Crippen molar-refractivity contribution in [3.05, 3.63) is 70.2 Å². The summed E-state index contributed by atoms with van der Waals surface area (Å²) in [4.78, 5) is 14.0. The van der Waals surface area contributed by atoms with Gasteiger partial charge in [0, 0.05) is 18.6 Å². The van der Waals surface area contributed by atoms with E-state index in [4.69, 9.17) is 11.6 Å². The molecular weight excluding hydrogens is 296 g/mol. The molecule has 2 rings (SSSR count). The molecule has 22 heavy (non-hydrogen) atoms. The van der Waals surface area contributed by atoms with E-state index in [0.717, 1.165) is 11.1 Å². The molecule has 2 aromatic carbocycles. The molecule has 0 saturated heterocycles. The third kappa shape index (κ3) is 4.25. The van der Waals surface area contributed by atoms with Crippen LogP contribution < -0.4 is 5.32 Å². The number of nitrogens with one attached hydrogen (secondary N) is 1. The Hall–Kier alpha value is -2.00. The van der Waals surface area contributed by atoms with Gasteiger partial charge in [-0.15, -0.1) is 0 Å². The Morgan fingerprint density at radius 2 is 1.95 bits per heavy atom. The minimum absolute atomic E-state index is 0.0921. The predicted molar refractivity (Wildman–Crippen MR) is 91.0 cm³/mol. The minimum atomic E-state index is -0.101. The Bertz CT molecular complexity index is 657. The molecule has 1 unspecified atom stereocenters. The Morgan fingerprint density at radius 1 is 1.23 bits per heavy atom. The number of halogens is 1. The first kappa shape index (κ1) is 16.4. The smallest absolute Gasteiger partial charge is 0.317 e. The molecule has 0 fully saturated rings.